The summed E-state index contributed by atoms with van der Waals surface area (Å²) in [7, 11) is 1.58. The molecule has 7 nitrogen and oxygen atoms in total. The Balaban J connectivity index is 2.26. The highest BCUT2D eigenvalue weighted by atomic mass is 16.6. The maximum atomic E-state index is 12.2. The number of nitrogens with zero attached hydrogens (tertiary/aromatic N) is 1. The highest BCUT2D eigenvalue weighted by Crippen LogP contribution is 2.30. The Morgan fingerprint density at radius 2 is 2.00 bits per heavy atom. The Morgan fingerprint density at radius 1 is 1.30 bits per heavy atom. The molecule has 0 spiro atoms. The van der Waals surface area contributed by atoms with Crippen LogP contribution in [0.15, 0.2) is 42.5 Å². The average Bonchev–Trinajstić information content (AvgIpc) is 2.54. The van der Waals surface area contributed by atoms with Crippen molar-refractivity contribution in [1.29, 1.82) is 0 Å². The van der Waals surface area contributed by atoms with E-state index in [4.69, 9.17) is 4.74 Å². The van der Waals surface area contributed by atoms with E-state index in [0.29, 0.717) is 5.69 Å². The molecule has 0 saturated heterocycles. The summed E-state index contributed by atoms with van der Waals surface area (Å²) < 4.78 is 5.21. The Morgan fingerprint density at radius 3 is 2.65 bits per heavy atom. The van der Waals surface area contributed by atoms with Crippen LogP contribution in [0.25, 0.3) is 0 Å². The van der Waals surface area contributed by atoms with Gasteiger partial charge in [-0.05, 0) is 30.7 Å². The molecule has 0 fully saturated rings. The number of nitrogens with one attached hydrogen (secondary N) is 1. The standard InChI is InChI=1S/C16H16N2O5/c1-10(23-2)11-5-3-6-12(9-11)17-16(20)13-7-4-8-14(15(13)19)18(21)22/h3-10,19H,1-2H3,(H,17,20)/t10-/m1/s1. The summed E-state index contributed by atoms with van der Waals surface area (Å²) in [6.45, 7) is 1.87. The minimum absolute atomic E-state index is 0.141. The number of ether oxygens (including phenoxy) is 1. The number of nitro groups is 1. The maximum Gasteiger partial charge on any atom is 0.311 e. The molecular weight excluding hydrogens is 300 g/mol. The van der Waals surface area contributed by atoms with Crippen molar-refractivity contribution >= 4 is 17.3 Å². The highest BCUT2D eigenvalue weighted by molar-refractivity contribution is 6.06. The molecule has 0 aliphatic rings. The van der Waals surface area contributed by atoms with Gasteiger partial charge in [0.2, 0.25) is 5.75 Å². The number of carbonyl (C=O) groups excluding carboxylic acids is 1. The largest absolute Gasteiger partial charge is 0.502 e. The molecule has 0 heterocycles. The number of aromatic hydroxyl groups is 1. The number of nitro benzene ring substituents is 1. The van der Waals surface area contributed by atoms with E-state index in [1.165, 1.54) is 12.1 Å². The molecule has 0 radical (unpaired) electrons. The Labute approximate surface area is 132 Å². The van der Waals surface area contributed by atoms with Crippen LogP contribution in [-0.2, 0) is 4.74 Å². The Hall–Kier alpha value is -2.93. The van der Waals surface area contributed by atoms with Gasteiger partial charge in [-0.25, -0.2) is 0 Å². The van der Waals surface area contributed by atoms with Gasteiger partial charge >= 0.3 is 5.69 Å². The number of anilines is 1. The molecule has 0 bridgehead atoms. The van der Waals surface area contributed by atoms with Crippen LogP contribution in [0.5, 0.6) is 5.75 Å². The van der Waals surface area contributed by atoms with E-state index in [1.54, 1.807) is 25.3 Å². The SMILES string of the molecule is CO[C@H](C)c1cccc(NC(=O)c2cccc([N+](=O)[O-])c2O)c1. The number of rotatable bonds is 5. The normalized spacial score (nSPS) is 11.7. The summed E-state index contributed by atoms with van der Waals surface area (Å²) in [5, 5.41) is 23.3. The number of phenolic OH excluding ortho intramolecular Hbond substituents is 1. The van der Waals surface area contributed by atoms with Gasteiger partial charge < -0.3 is 15.2 Å². The molecule has 120 valence electrons. The fourth-order valence-corrected chi connectivity index (χ4v) is 2.07. The molecule has 0 saturated carbocycles. The van der Waals surface area contributed by atoms with E-state index < -0.39 is 22.3 Å². The number of carbonyl (C=O) groups is 1. The Bertz CT molecular complexity index is 745. The minimum Gasteiger partial charge on any atom is -0.502 e. The average molecular weight is 316 g/mol. The van der Waals surface area contributed by atoms with Gasteiger partial charge in [0.05, 0.1) is 16.6 Å². The lowest BCUT2D eigenvalue weighted by Crippen LogP contribution is -2.13. The summed E-state index contributed by atoms with van der Waals surface area (Å²) in [5.41, 5.74) is 0.694. The number of phenols is 1. The molecule has 23 heavy (non-hydrogen) atoms. The quantitative estimate of drug-likeness (QED) is 0.651. The number of hydrogen-bond donors (Lipinski definition) is 2. The monoisotopic (exact) mass is 316 g/mol. The van der Waals surface area contributed by atoms with E-state index in [1.807, 2.05) is 13.0 Å². The number of hydrogen-bond acceptors (Lipinski definition) is 5. The van der Waals surface area contributed by atoms with Crippen molar-refractivity contribution in [2.24, 2.45) is 0 Å². The van der Waals surface area contributed by atoms with Crippen LogP contribution in [0.2, 0.25) is 0 Å². The van der Waals surface area contributed by atoms with E-state index >= 15 is 0 Å². The summed E-state index contributed by atoms with van der Waals surface area (Å²) >= 11 is 0. The molecule has 2 N–H and O–H groups in total. The first kappa shape index (κ1) is 16.4. The first-order valence-electron chi connectivity index (χ1n) is 6.84. The summed E-state index contributed by atoms with van der Waals surface area (Å²) in [5.74, 6) is -1.29. The van der Waals surface area contributed by atoms with Crippen molar-refractivity contribution in [3.8, 4) is 5.75 Å². The fraction of sp³-hybridized carbons (Fsp3) is 0.188. The molecular formula is C16H16N2O5. The first-order valence-corrected chi connectivity index (χ1v) is 6.84. The second-order valence-electron chi connectivity index (χ2n) is 4.89. The fourth-order valence-electron chi connectivity index (χ4n) is 2.07. The van der Waals surface area contributed by atoms with Gasteiger partial charge in [-0.1, -0.05) is 18.2 Å². The van der Waals surface area contributed by atoms with E-state index in [-0.39, 0.29) is 11.7 Å². The predicted octanol–water partition coefficient (Wildman–Crippen LogP) is 3.26. The minimum atomic E-state index is -0.743. The summed E-state index contributed by atoms with van der Waals surface area (Å²) in [6, 6.07) is 10.8. The van der Waals surface area contributed by atoms with Crippen LogP contribution in [-0.4, -0.2) is 23.0 Å². The topological polar surface area (TPSA) is 102 Å². The van der Waals surface area contributed by atoms with Gasteiger partial charge in [0.15, 0.2) is 0 Å². The van der Waals surface area contributed by atoms with E-state index in [0.717, 1.165) is 11.6 Å². The smallest absolute Gasteiger partial charge is 0.311 e. The zero-order valence-corrected chi connectivity index (χ0v) is 12.6. The number of benzene rings is 2. The van der Waals surface area contributed by atoms with Crippen molar-refractivity contribution < 1.29 is 19.6 Å². The third kappa shape index (κ3) is 3.64. The zero-order chi connectivity index (χ0) is 17.0. The summed E-state index contributed by atoms with van der Waals surface area (Å²) in [6.07, 6.45) is -0.141. The predicted molar refractivity (Wildman–Crippen MR) is 84.6 cm³/mol. The molecule has 2 aromatic rings. The van der Waals surface area contributed by atoms with Gasteiger partial charge in [-0.15, -0.1) is 0 Å². The lowest BCUT2D eigenvalue weighted by molar-refractivity contribution is -0.385. The van der Waals surface area contributed by atoms with Gasteiger partial charge in [0.1, 0.15) is 0 Å². The number of methoxy groups -OCH3 is 1. The number of amides is 1. The molecule has 1 amide bonds. The van der Waals surface area contributed by atoms with Crippen molar-refractivity contribution in [2.75, 3.05) is 12.4 Å². The molecule has 0 unspecified atom stereocenters. The lowest BCUT2D eigenvalue weighted by Gasteiger charge is -2.12. The highest BCUT2D eigenvalue weighted by Gasteiger charge is 2.21. The van der Waals surface area contributed by atoms with Gasteiger partial charge in [0.25, 0.3) is 5.91 Å². The molecule has 0 aliphatic heterocycles. The second-order valence-corrected chi connectivity index (χ2v) is 4.89. The maximum absolute atomic E-state index is 12.2. The first-order chi connectivity index (χ1) is 10.9. The van der Waals surface area contributed by atoms with Crippen LogP contribution in [0, 0.1) is 10.1 Å². The van der Waals surface area contributed by atoms with Crippen molar-refractivity contribution in [3.63, 3.8) is 0 Å². The second kappa shape index (κ2) is 6.89. The van der Waals surface area contributed by atoms with Gasteiger partial charge in [-0.2, -0.15) is 0 Å². The third-order valence-corrected chi connectivity index (χ3v) is 3.42. The van der Waals surface area contributed by atoms with Crippen LogP contribution in [0.4, 0.5) is 11.4 Å². The molecule has 2 aromatic carbocycles. The van der Waals surface area contributed by atoms with Crippen molar-refractivity contribution in [3.05, 3.63) is 63.7 Å². The number of para-hydroxylation sites is 1. The van der Waals surface area contributed by atoms with Crippen molar-refractivity contribution in [1.82, 2.24) is 0 Å². The van der Waals surface area contributed by atoms with E-state index in [2.05, 4.69) is 5.32 Å². The van der Waals surface area contributed by atoms with E-state index in [9.17, 15) is 20.0 Å². The molecule has 0 aliphatic carbocycles. The molecule has 2 rings (SSSR count). The molecule has 7 heteroatoms. The lowest BCUT2D eigenvalue weighted by atomic mass is 10.1. The Kier molecular flexibility index (Phi) is 4.92. The third-order valence-electron chi connectivity index (χ3n) is 3.42. The summed E-state index contributed by atoms with van der Waals surface area (Å²) in [4.78, 5) is 22.3. The van der Waals surface area contributed by atoms with Crippen LogP contribution < -0.4 is 5.32 Å². The van der Waals surface area contributed by atoms with Gasteiger partial charge in [0, 0.05) is 18.9 Å². The molecule has 1 atom stereocenters. The van der Waals surface area contributed by atoms with Crippen LogP contribution in [0.1, 0.15) is 28.9 Å². The van der Waals surface area contributed by atoms with Crippen molar-refractivity contribution in [2.45, 2.75) is 13.0 Å². The van der Waals surface area contributed by atoms with Crippen LogP contribution in [0.3, 0.4) is 0 Å². The molecule has 0 aromatic heterocycles. The zero-order valence-electron chi connectivity index (χ0n) is 12.6. The van der Waals surface area contributed by atoms with Crippen LogP contribution >= 0.6 is 0 Å². The van der Waals surface area contributed by atoms with Gasteiger partial charge in [-0.3, -0.25) is 14.9 Å².